The first-order valence-electron chi connectivity index (χ1n) is 7.77. The van der Waals surface area contributed by atoms with Crippen molar-refractivity contribution in [3.63, 3.8) is 0 Å². The van der Waals surface area contributed by atoms with E-state index < -0.39 is 11.9 Å². The lowest BCUT2D eigenvalue weighted by atomic mass is 10.1. The number of rotatable bonds is 4. The maximum Gasteiger partial charge on any atom is 0.277 e. The van der Waals surface area contributed by atoms with Gasteiger partial charge in [0.05, 0.1) is 12.5 Å². The van der Waals surface area contributed by atoms with Crippen LogP contribution in [0.4, 0.5) is 5.69 Å². The first-order chi connectivity index (χ1) is 11.5. The van der Waals surface area contributed by atoms with E-state index in [4.69, 9.17) is 0 Å². The molecule has 0 spiro atoms. The third-order valence-corrected chi connectivity index (χ3v) is 4.20. The lowest BCUT2D eigenvalue weighted by Gasteiger charge is -2.23. The van der Waals surface area contributed by atoms with Gasteiger partial charge in [0.2, 0.25) is 5.91 Å². The minimum atomic E-state index is -0.695. The van der Waals surface area contributed by atoms with Gasteiger partial charge in [0.1, 0.15) is 11.7 Å². The van der Waals surface area contributed by atoms with E-state index in [1.54, 1.807) is 19.1 Å². The fourth-order valence-corrected chi connectivity index (χ4v) is 2.73. The van der Waals surface area contributed by atoms with Gasteiger partial charge in [0, 0.05) is 18.7 Å². The van der Waals surface area contributed by atoms with Crippen LogP contribution in [0.25, 0.3) is 0 Å². The van der Waals surface area contributed by atoms with Crippen molar-refractivity contribution in [3.05, 3.63) is 58.3 Å². The second-order valence-electron chi connectivity index (χ2n) is 5.65. The molecule has 7 nitrogen and oxygen atoms in total. The smallest absolute Gasteiger partial charge is 0.277 e. The van der Waals surface area contributed by atoms with Gasteiger partial charge in [0.25, 0.3) is 11.5 Å². The number of aromatic nitrogens is 2. The van der Waals surface area contributed by atoms with E-state index in [1.807, 2.05) is 19.1 Å². The quantitative estimate of drug-likeness (QED) is 0.916. The molecule has 2 heterocycles. The van der Waals surface area contributed by atoms with Crippen LogP contribution in [0.1, 0.15) is 29.8 Å². The van der Waals surface area contributed by atoms with Crippen LogP contribution in [-0.2, 0) is 17.9 Å². The van der Waals surface area contributed by atoms with Crippen molar-refractivity contribution >= 4 is 17.5 Å². The summed E-state index contributed by atoms with van der Waals surface area (Å²) >= 11 is 0. The zero-order valence-corrected chi connectivity index (χ0v) is 13.5. The SMILES string of the molecule is CCn1cncc(NC(=O)[C@@H](C)N2Cc3ccccc3C2=O)c1=O. The lowest BCUT2D eigenvalue weighted by molar-refractivity contribution is -0.120. The summed E-state index contributed by atoms with van der Waals surface area (Å²) in [6.45, 7) is 4.31. The number of hydrogen-bond acceptors (Lipinski definition) is 4. The van der Waals surface area contributed by atoms with Crippen LogP contribution in [0.3, 0.4) is 0 Å². The number of hydrogen-bond donors (Lipinski definition) is 1. The topological polar surface area (TPSA) is 84.3 Å². The first-order valence-corrected chi connectivity index (χ1v) is 7.77. The molecule has 1 aromatic carbocycles. The molecule has 1 aliphatic rings. The van der Waals surface area contributed by atoms with Crippen molar-refractivity contribution in [1.82, 2.24) is 14.5 Å². The van der Waals surface area contributed by atoms with E-state index >= 15 is 0 Å². The number of carbonyl (C=O) groups excluding carboxylic acids is 2. The van der Waals surface area contributed by atoms with E-state index in [0.717, 1.165) is 5.56 Å². The van der Waals surface area contributed by atoms with Crippen molar-refractivity contribution in [3.8, 4) is 0 Å². The fraction of sp³-hybridized carbons (Fsp3) is 0.294. The van der Waals surface area contributed by atoms with Gasteiger partial charge >= 0.3 is 0 Å². The number of anilines is 1. The van der Waals surface area contributed by atoms with E-state index in [9.17, 15) is 14.4 Å². The molecule has 0 saturated carbocycles. The van der Waals surface area contributed by atoms with Crippen molar-refractivity contribution in [2.45, 2.75) is 33.0 Å². The average Bonchev–Trinajstić information content (AvgIpc) is 2.93. The third kappa shape index (κ3) is 2.68. The maximum absolute atomic E-state index is 12.5. The van der Waals surface area contributed by atoms with Gasteiger partial charge in [-0.05, 0) is 25.5 Å². The zero-order valence-electron chi connectivity index (χ0n) is 13.5. The fourth-order valence-electron chi connectivity index (χ4n) is 2.73. The molecule has 2 aromatic rings. The number of carbonyl (C=O) groups is 2. The second kappa shape index (κ2) is 6.27. The number of nitrogens with one attached hydrogen (secondary N) is 1. The largest absolute Gasteiger partial charge is 0.323 e. The summed E-state index contributed by atoms with van der Waals surface area (Å²) in [6.07, 6.45) is 2.74. The second-order valence-corrected chi connectivity index (χ2v) is 5.65. The third-order valence-electron chi connectivity index (χ3n) is 4.20. The van der Waals surface area contributed by atoms with Gasteiger partial charge < -0.3 is 10.2 Å². The Balaban J connectivity index is 1.77. The Kier molecular flexibility index (Phi) is 4.16. The molecule has 0 fully saturated rings. The highest BCUT2D eigenvalue weighted by Gasteiger charge is 2.33. The molecule has 2 amide bonds. The standard InChI is InChI=1S/C17H18N4O3/c1-3-20-10-18-8-14(17(20)24)19-15(22)11(2)21-9-12-6-4-5-7-13(12)16(21)23/h4-8,10-11H,3,9H2,1-2H3,(H,19,22)/t11-/m1/s1. The molecule has 0 saturated heterocycles. The Morgan fingerprint density at radius 2 is 2.08 bits per heavy atom. The molecule has 1 aliphatic heterocycles. The average molecular weight is 326 g/mol. The van der Waals surface area contributed by atoms with Gasteiger partial charge in [-0.3, -0.25) is 19.0 Å². The summed E-state index contributed by atoms with van der Waals surface area (Å²) in [5.74, 6) is -0.589. The number of fused-ring (bicyclic) bond motifs is 1. The minimum Gasteiger partial charge on any atom is -0.323 e. The molecule has 1 N–H and O–H groups in total. The number of benzene rings is 1. The molecule has 0 bridgehead atoms. The van der Waals surface area contributed by atoms with E-state index in [0.29, 0.717) is 18.7 Å². The van der Waals surface area contributed by atoms with Crippen molar-refractivity contribution < 1.29 is 9.59 Å². The maximum atomic E-state index is 12.5. The molecule has 3 rings (SSSR count). The summed E-state index contributed by atoms with van der Waals surface area (Å²) in [7, 11) is 0. The normalized spacial score (nSPS) is 14.4. The molecule has 7 heteroatoms. The Labute approximate surface area is 138 Å². The zero-order chi connectivity index (χ0) is 17.3. The molecule has 0 unspecified atom stereocenters. The number of aryl methyl sites for hydroxylation is 1. The van der Waals surface area contributed by atoms with Crippen molar-refractivity contribution in [2.75, 3.05) is 5.32 Å². The van der Waals surface area contributed by atoms with E-state index in [1.165, 1.54) is 22.0 Å². The summed E-state index contributed by atoms with van der Waals surface area (Å²) in [5, 5.41) is 2.58. The molecule has 0 aliphatic carbocycles. The van der Waals surface area contributed by atoms with Gasteiger partial charge in [-0.15, -0.1) is 0 Å². The summed E-state index contributed by atoms with van der Waals surface area (Å²) in [6, 6.07) is 6.60. The first kappa shape index (κ1) is 15.9. The molecule has 24 heavy (non-hydrogen) atoms. The van der Waals surface area contributed by atoms with Gasteiger partial charge in [-0.1, -0.05) is 18.2 Å². The highest BCUT2D eigenvalue weighted by Crippen LogP contribution is 2.24. The summed E-state index contributed by atoms with van der Waals surface area (Å²) in [5.41, 5.74) is 1.31. The Morgan fingerprint density at radius 3 is 2.79 bits per heavy atom. The molecular formula is C17H18N4O3. The monoisotopic (exact) mass is 326 g/mol. The molecule has 1 atom stereocenters. The molecule has 1 aromatic heterocycles. The minimum absolute atomic E-state index is 0.111. The highest BCUT2D eigenvalue weighted by atomic mass is 16.2. The highest BCUT2D eigenvalue weighted by molar-refractivity contribution is 6.03. The van der Waals surface area contributed by atoms with Crippen molar-refractivity contribution in [2.24, 2.45) is 0 Å². The Hall–Kier alpha value is -2.96. The van der Waals surface area contributed by atoms with Gasteiger partial charge in [-0.2, -0.15) is 0 Å². The predicted molar refractivity (Wildman–Crippen MR) is 88.6 cm³/mol. The van der Waals surface area contributed by atoms with Crippen LogP contribution in [-0.4, -0.2) is 32.3 Å². The number of nitrogens with zero attached hydrogens (tertiary/aromatic N) is 3. The van der Waals surface area contributed by atoms with Gasteiger partial charge in [0.15, 0.2) is 0 Å². The van der Waals surface area contributed by atoms with Crippen LogP contribution < -0.4 is 10.9 Å². The Bertz CT molecular complexity index is 859. The lowest BCUT2D eigenvalue weighted by Crippen LogP contribution is -2.43. The summed E-state index contributed by atoms with van der Waals surface area (Å²) in [4.78, 5) is 42.5. The molecule has 124 valence electrons. The molecular weight excluding hydrogens is 308 g/mol. The predicted octanol–water partition coefficient (Wildman–Crippen LogP) is 1.25. The molecule has 0 radical (unpaired) electrons. The van der Waals surface area contributed by atoms with Crippen LogP contribution in [0, 0.1) is 0 Å². The van der Waals surface area contributed by atoms with Crippen LogP contribution >= 0.6 is 0 Å². The Morgan fingerprint density at radius 1 is 1.33 bits per heavy atom. The number of amides is 2. The summed E-state index contributed by atoms with van der Waals surface area (Å²) < 4.78 is 1.40. The van der Waals surface area contributed by atoms with Crippen LogP contribution in [0.15, 0.2) is 41.6 Å². The van der Waals surface area contributed by atoms with Crippen molar-refractivity contribution in [1.29, 1.82) is 0 Å². The van der Waals surface area contributed by atoms with Gasteiger partial charge in [-0.25, -0.2) is 4.98 Å². The van der Waals surface area contributed by atoms with E-state index in [-0.39, 0.29) is 17.2 Å². The van der Waals surface area contributed by atoms with E-state index in [2.05, 4.69) is 10.3 Å². The van der Waals surface area contributed by atoms with Crippen LogP contribution in [0.5, 0.6) is 0 Å². The van der Waals surface area contributed by atoms with Crippen LogP contribution in [0.2, 0.25) is 0 Å².